The van der Waals surface area contributed by atoms with E-state index in [4.69, 9.17) is 0 Å². The number of amides is 3. The van der Waals surface area contributed by atoms with Crippen molar-refractivity contribution in [3.63, 3.8) is 0 Å². The molecule has 0 saturated carbocycles. The van der Waals surface area contributed by atoms with Gasteiger partial charge in [-0.05, 0) is 29.7 Å². The van der Waals surface area contributed by atoms with Gasteiger partial charge in [0.1, 0.15) is 6.04 Å². The molecule has 7 heteroatoms. The minimum Gasteiger partial charge on any atom is -0.368 e. The van der Waals surface area contributed by atoms with Crippen LogP contribution >= 0.6 is 0 Å². The zero-order valence-corrected chi connectivity index (χ0v) is 20.8. The van der Waals surface area contributed by atoms with Crippen molar-refractivity contribution in [3.8, 4) is 0 Å². The molecule has 2 atom stereocenters. The number of carbonyl (C=O) groups is 3. The minimum absolute atomic E-state index is 0.00881. The van der Waals surface area contributed by atoms with Crippen LogP contribution < -0.4 is 10.2 Å². The van der Waals surface area contributed by atoms with Gasteiger partial charge >= 0.3 is 0 Å². The average molecular weight is 477 g/mol. The Morgan fingerprint density at radius 2 is 1.60 bits per heavy atom. The Balaban J connectivity index is 1.30. The Labute approximate surface area is 208 Å². The van der Waals surface area contributed by atoms with Crippen LogP contribution in [0.5, 0.6) is 0 Å². The van der Waals surface area contributed by atoms with E-state index in [0.29, 0.717) is 26.1 Å². The van der Waals surface area contributed by atoms with Crippen LogP contribution in [-0.2, 0) is 27.3 Å². The van der Waals surface area contributed by atoms with Gasteiger partial charge in [-0.3, -0.25) is 14.4 Å². The van der Waals surface area contributed by atoms with Gasteiger partial charge in [-0.1, -0.05) is 56.3 Å². The summed E-state index contributed by atoms with van der Waals surface area (Å²) in [6.45, 7) is 7.58. The number of nitrogens with zero attached hydrogens (tertiary/aromatic N) is 3. The molecular formula is C28H36N4O3. The third kappa shape index (κ3) is 5.84. The molecule has 4 rings (SSSR count). The van der Waals surface area contributed by atoms with E-state index in [1.54, 1.807) is 4.90 Å². The third-order valence-corrected chi connectivity index (χ3v) is 7.26. The molecule has 2 aromatic carbocycles. The Kier molecular flexibility index (Phi) is 8.06. The number of anilines is 1. The molecule has 7 nitrogen and oxygen atoms in total. The van der Waals surface area contributed by atoms with Gasteiger partial charge in [0.2, 0.25) is 17.7 Å². The highest BCUT2D eigenvalue weighted by atomic mass is 16.2. The van der Waals surface area contributed by atoms with E-state index in [9.17, 15) is 14.4 Å². The maximum absolute atomic E-state index is 13.2. The van der Waals surface area contributed by atoms with Gasteiger partial charge in [-0.15, -0.1) is 0 Å². The lowest BCUT2D eigenvalue weighted by molar-refractivity contribution is -0.144. The summed E-state index contributed by atoms with van der Waals surface area (Å²) >= 11 is 0. The van der Waals surface area contributed by atoms with E-state index in [0.717, 1.165) is 30.6 Å². The molecule has 0 unspecified atom stereocenters. The second-order valence-corrected chi connectivity index (χ2v) is 9.51. The summed E-state index contributed by atoms with van der Waals surface area (Å²) in [6, 6.07) is 17.7. The quantitative estimate of drug-likeness (QED) is 0.667. The number of hydrogen-bond acceptors (Lipinski definition) is 4. The van der Waals surface area contributed by atoms with Crippen molar-refractivity contribution >= 4 is 23.4 Å². The molecule has 0 bridgehead atoms. The van der Waals surface area contributed by atoms with E-state index >= 15 is 0 Å². The first-order valence-electron chi connectivity index (χ1n) is 12.7. The SMILES string of the molecule is CC[C@@H](C)C(=O)N1Cc2ccccc2C[C@H]1C(=O)NCCC(=O)N1CCN(c2ccccc2)CC1. The molecule has 35 heavy (non-hydrogen) atoms. The zero-order chi connectivity index (χ0) is 24.8. The van der Waals surface area contributed by atoms with Crippen LogP contribution in [-0.4, -0.2) is 66.3 Å². The van der Waals surface area contributed by atoms with Crippen LogP contribution in [0.3, 0.4) is 0 Å². The Morgan fingerprint density at radius 1 is 0.943 bits per heavy atom. The molecule has 0 spiro atoms. The highest BCUT2D eigenvalue weighted by Crippen LogP contribution is 2.25. The molecule has 2 heterocycles. The summed E-state index contributed by atoms with van der Waals surface area (Å²) in [7, 11) is 0. The highest BCUT2D eigenvalue weighted by molar-refractivity contribution is 5.89. The second-order valence-electron chi connectivity index (χ2n) is 9.51. The number of carbonyl (C=O) groups excluding carboxylic acids is 3. The fourth-order valence-electron chi connectivity index (χ4n) is 4.87. The number of fused-ring (bicyclic) bond motifs is 1. The van der Waals surface area contributed by atoms with E-state index in [1.807, 2.05) is 61.2 Å². The molecule has 2 aliphatic rings. The molecule has 1 saturated heterocycles. The first-order valence-corrected chi connectivity index (χ1v) is 12.7. The van der Waals surface area contributed by atoms with Crippen LogP contribution in [0.25, 0.3) is 0 Å². The lowest BCUT2D eigenvalue weighted by atomic mass is 9.92. The number of piperazine rings is 1. The predicted molar refractivity (Wildman–Crippen MR) is 137 cm³/mol. The maximum Gasteiger partial charge on any atom is 0.243 e. The highest BCUT2D eigenvalue weighted by Gasteiger charge is 2.35. The number of benzene rings is 2. The summed E-state index contributed by atoms with van der Waals surface area (Å²) in [5.41, 5.74) is 3.38. The average Bonchev–Trinajstić information content (AvgIpc) is 2.91. The Bertz CT molecular complexity index is 1030. The van der Waals surface area contributed by atoms with Crippen molar-refractivity contribution in [2.45, 2.75) is 45.7 Å². The van der Waals surface area contributed by atoms with Crippen LogP contribution in [0.1, 0.15) is 37.8 Å². The molecule has 3 amide bonds. The lowest BCUT2D eigenvalue weighted by Crippen LogP contribution is -2.54. The topological polar surface area (TPSA) is 73.0 Å². The van der Waals surface area contributed by atoms with Gasteiger partial charge in [0.15, 0.2) is 0 Å². The Hall–Kier alpha value is -3.35. The van der Waals surface area contributed by atoms with Crippen molar-refractivity contribution in [3.05, 3.63) is 65.7 Å². The van der Waals surface area contributed by atoms with Crippen LogP contribution in [0, 0.1) is 5.92 Å². The summed E-state index contributed by atoms with van der Waals surface area (Å²) in [6.07, 6.45) is 1.50. The van der Waals surface area contributed by atoms with E-state index in [1.165, 1.54) is 5.69 Å². The second kappa shape index (κ2) is 11.4. The molecule has 0 aromatic heterocycles. The van der Waals surface area contributed by atoms with Gasteiger partial charge < -0.3 is 20.0 Å². The standard InChI is InChI=1S/C28H36N4O3/c1-3-21(2)28(35)32-20-23-10-8-7-9-22(23)19-25(32)27(34)29-14-13-26(33)31-17-15-30(16-18-31)24-11-5-4-6-12-24/h4-12,21,25H,3,13-20H2,1-2H3,(H,29,34)/t21-,25+/m1/s1. The van der Waals surface area contributed by atoms with Crippen LogP contribution in [0.4, 0.5) is 5.69 Å². The smallest absolute Gasteiger partial charge is 0.243 e. The van der Waals surface area contributed by atoms with Crippen molar-refractivity contribution < 1.29 is 14.4 Å². The van der Waals surface area contributed by atoms with Gasteiger partial charge in [0, 0.05) is 63.7 Å². The minimum atomic E-state index is -0.545. The van der Waals surface area contributed by atoms with Crippen molar-refractivity contribution in [1.82, 2.24) is 15.1 Å². The summed E-state index contributed by atoms with van der Waals surface area (Å²) in [5.74, 6) is -0.251. The zero-order valence-electron chi connectivity index (χ0n) is 20.8. The lowest BCUT2D eigenvalue weighted by Gasteiger charge is -2.37. The molecule has 2 aliphatic heterocycles. The number of nitrogens with one attached hydrogen (secondary N) is 1. The molecular weight excluding hydrogens is 440 g/mol. The molecule has 1 N–H and O–H groups in total. The van der Waals surface area contributed by atoms with Crippen molar-refractivity contribution in [2.75, 3.05) is 37.6 Å². The molecule has 0 aliphatic carbocycles. The largest absolute Gasteiger partial charge is 0.368 e. The molecule has 186 valence electrons. The van der Waals surface area contributed by atoms with E-state index in [2.05, 4.69) is 22.3 Å². The van der Waals surface area contributed by atoms with E-state index < -0.39 is 6.04 Å². The summed E-state index contributed by atoms with van der Waals surface area (Å²) in [5, 5.41) is 2.94. The normalized spacial score (nSPS) is 18.6. The van der Waals surface area contributed by atoms with Crippen LogP contribution in [0.15, 0.2) is 54.6 Å². The summed E-state index contributed by atoms with van der Waals surface area (Å²) < 4.78 is 0. The predicted octanol–water partition coefficient (Wildman–Crippen LogP) is 2.84. The monoisotopic (exact) mass is 476 g/mol. The van der Waals surface area contributed by atoms with Gasteiger partial charge in [0.05, 0.1) is 0 Å². The number of para-hydroxylation sites is 1. The molecule has 2 aromatic rings. The first-order chi connectivity index (χ1) is 17.0. The summed E-state index contributed by atoms with van der Waals surface area (Å²) in [4.78, 5) is 44.8. The molecule has 1 fully saturated rings. The van der Waals surface area contributed by atoms with Gasteiger partial charge in [0.25, 0.3) is 0 Å². The Morgan fingerprint density at radius 3 is 2.29 bits per heavy atom. The third-order valence-electron chi connectivity index (χ3n) is 7.26. The van der Waals surface area contributed by atoms with Gasteiger partial charge in [-0.25, -0.2) is 0 Å². The van der Waals surface area contributed by atoms with Crippen LogP contribution in [0.2, 0.25) is 0 Å². The fraction of sp³-hybridized carbons (Fsp3) is 0.464. The van der Waals surface area contributed by atoms with E-state index in [-0.39, 0.29) is 36.6 Å². The van der Waals surface area contributed by atoms with Crippen molar-refractivity contribution in [2.24, 2.45) is 5.92 Å². The number of hydrogen-bond donors (Lipinski definition) is 1. The fourth-order valence-corrected chi connectivity index (χ4v) is 4.87. The van der Waals surface area contributed by atoms with Gasteiger partial charge in [-0.2, -0.15) is 0 Å². The number of rotatable bonds is 7. The first kappa shape index (κ1) is 24.8. The maximum atomic E-state index is 13.2. The molecule has 0 radical (unpaired) electrons. The van der Waals surface area contributed by atoms with Crippen molar-refractivity contribution in [1.29, 1.82) is 0 Å².